The first kappa shape index (κ1) is 12.6. The van der Waals surface area contributed by atoms with Gasteiger partial charge < -0.3 is 9.84 Å². The minimum atomic E-state index is -0.774. The van der Waals surface area contributed by atoms with Gasteiger partial charge in [-0.05, 0) is 31.9 Å². The summed E-state index contributed by atoms with van der Waals surface area (Å²) in [6.45, 7) is 7.61. The Morgan fingerprint density at radius 2 is 2.44 bits per heavy atom. The van der Waals surface area contributed by atoms with Crippen molar-refractivity contribution < 1.29 is 14.6 Å². The maximum absolute atomic E-state index is 11.1. The van der Waals surface area contributed by atoms with Crippen molar-refractivity contribution in [2.24, 2.45) is 11.8 Å². The lowest BCUT2D eigenvalue weighted by atomic mass is 9.88. The van der Waals surface area contributed by atoms with Crippen LogP contribution in [0.3, 0.4) is 0 Å². The molecule has 3 nitrogen and oxygen atoms in total. The standard InChI is InChI=1S/C13H18O3/c1-4-10(13(14)15)11-7-8-16-12(11)6-5-9(2)3/h6-8,10-11H,2,4-5H2,1,3H3,(H,14,15). The smallest absolute Gasteiger partial charge is 0.307 e. The molecule has 0 fully saturated rings. The number of hydrogen-bond donors (Lipinski definition) is 1. The normalized spacial score (nSPS) is 23.1. The van der Waals surface area contributed by atoms with Gasteiger partial charge in [0.2, 0.25) is 0 Å². The van der Waals surface area contributed by atoms with Gasteiger partial charge in [0, 0.05) is 0 Å². The second-order valence-corrected chi connectivity index (χ2v) is 4.09. The van der Waals surface area contributed by atoms with E-state index < -0.39 is 11.9 Å². The summed E-state index contributed by atoms with van der Waals surface area (Å²) in [5.74, 6) is -0.585. The number of ether oxygens (including phenoxy) is 1. The van der Waals surface area contributed by atoms with Crippen LogP contribution >= 0.6 is 0 Å². The fourth-order valence-corrected chi connectivity index (χ4v) is 1.75. The molecule has 0 aromatic rings. The van der Waals surface area contributed by atoms with E-state index in [2.05, 4.69) is 6.58 Å². The van der Waals surface area contributed by atoms with Gasteiger partial charge in [-0.2, -0.15) is 0 Å². The van der Waals surface area contributed by atoms with Crippen LogP contribution in [0.2, 0.25) is 0 Å². The van der Waals surface area contributed by atoms with Crippen LogP contribution in [0.25, 0.3) is 0 Å². The van der Waals surface area contributed by atoms with E-state index in [1.54, 1.807) is 6.26 Å². The van der Waals surface area contributed by atoms with Crippen molar-refractivity contribution in [2.75, 3.05) is 0 Å². The summed E-state index contributed by atoms with van der Waals surface area (Å²) in [4.78, 5) is 11.1. The molecule has 0 bridgehead atoms. The van der Waals surface area contributed by atoms with Gasteiger partial charge in [-0.25, -0.2) is 0 Å². The van der Waals surface area contributed by atoms with E-state index in [1.807, 2.05) is 26.0 Å². The predicted molar refractivity (Wildman–Crippen MR) is 62.6 cm³/mol. The summed E-state index contributed by atoms with van der Waals surface area (Å²) in [5, 5.41) is 9.09. The number of carboxylic acids is 1. The minimum Gasteiger partial charge on any atom is -0.481 e. The van der Waals surface area contributed by atoms with Gasteiger partial charge in [0.05, 0.1) is 18.1 Å². The highest BCUT2D eigenvalue weighted by Gasteiger charge is 2.31. The number of aliphatic carboxylic acids is 1. The molecule has 1 heterocycles. The third kappa shape index (κ3) is 2.99. The summed E-state index contributed by atoms with van der Waals surface area (Å²) in [7, 11) is 0. The van der Waals surface area contributed by atoms with Gasteiger partial charge in [-0.1, -0.05) is 19.1 Å². The summed E-state index contributed by atoms with van der Waals surface area (Å²) >= 11 is 0. The van der Waals surface area contributed by atoms with E-state index in [9.17, 15) is 4.79 Å². The Morgan fingerprint density at radius 1 is 1.75 bits per heavy atom. The zero-order chi connectivity index (χ0) is 12.1. The van der Waals surface area contributed by atoms with Crippen LogP contribution in [-0.2, 0) is 9.53 Å². The molecule has 0 aromatic heterocycles. The highest BCUT2D eigenvalue weighted by molar-refractivity contribution is 5.71. The molecule has 1 aliphatic heterocycles. The highest BCUT2D eigenvalue weighted by atomic mass is 16.5. The average Bonchev–Trinajstić information content (AvgIpc) is 2.63. The fraction of sp³-hybridized carbons (Fsp3) is 0.462. The van der Waals surface area contributed by atoms with Crippen LogP contribution in [0.4, 0.5) is 0 Å². The molecule has 1 aliphatic rings. The Balaban J connectivity index is 2.77. The predicted octanol–water partition coefficient (Wildman–Crippen LogP) is 3.11. The van der Waals surface area contributed by atoms with E-state index in [0.29, 0.717) is 6.42 Å². The van der Waals surface area contributed by atoms with Crippen LogP contribution in [0.15, 0.2) is 36.3 Å². The molecule has 0 aromatic carbocycles. The third-order valence-corrected chi connectivity index (χ3v) is 2.66. The highest BCUT2D eigenvalue weighted by Crippen LogP contribution is 2.31. The molecule has 1 rings (SSSR count). The summed E-state index contributed by atoms with van der Waals surface area (Å²) < 4.78 is 5.33. The molecule has 88 valence electrons. The topological polar surface area (TPSA) is 46.5 Å². The Morgan fingerprint density at radius 3 is 2.94 bits per heavy atom. The van der Waals surface area contributed by atoms with Crippen molar-refractivity contribution in [3.05, 3.63) is 36.3 Å². The number of allylic oxidation sites excluding steroid dienone is 3. The molecule has 3 heteroatoms. The van der Waals surface area contributed by atoms with Crippen molar-refractivity contribution in [3.8, 4) is 0 Å². The minimum absolute atomic E-state index is 0.137. The molecule has 2 atom stereocenters. The number of rotatable bonds is 5. The maximum Gasteiger partial charge on any atom is 0.307 e. The Bertz CT molecular complexity index is 339. The zero-order valence-corrected chi connectivity index (χ0v) is 9.77. The second-order valence-electron chi connectivity index (χ2n) is 4.09. The molecule has 0 radical (unpaired) electrons. The molecule has 0 aliphatic carbocycles. The molecular formula is C13H18O3. The van der Waals surface area contributed by atoms with E-state index in [-0.39, 0.29) is 5.92 Å². The van der Waals surface area contributed by atoms with E-state index in [0.717, 1.165) is 17.8 Å². The number of hydrogen-bond acceptors (Lipinski definition) is 2. The lowest BCUT2D eigenvalue weighted by Gasteiger charge is -2.17. The van der Waals surface area contributed by atoms with Gasteiger partial charge >= 0.3 is 5.97 Å². The molecule has 0 amide bonds. The summed E-state index contributed by atoms with van der Waals surface area (Å²) in [5.41, 5.74) is 1.03. The van der Waals surface area contributed by atoms with Gasteiger partial charge in [0.25, 0.3) is 0 Å². The van der Waals surface area contributed by atoms with Crippen molar-refractivity contribution in [1.29, 1.82) is 0 Å². The van der Waals surface area contributed by atoms with Crippen molar-refractivity contribution in [2.45, 2.75) is 26.7 Å². The van der Waals surface area contributed by atoms with Crippen LogP contribution in [0.1, 0.15) is 26.7 Å². The molecule has 0 saturated carbocycles. The van der Waals surface area contributed by atoms with Crippen LogP contribution in [-0.4, -0.2) is 11.1 Å². The second kappa shape index (κ2) is 5.54. The van der Waals surface area contributed by atoms with Gasteiger partial charge in [0.1, 0.15) is 5.76 Å². The molecule has 2 unspecified atom stereocenters. The maximum atomic E-state index is 11.1. The van der Waals surface area contributed by atoms with Gasteiger partial charge in [-0.15, -0.1) is 0 Å². The molecular weight excluding hydrogens is 204 g/mol. The Labute approximate surface area is 96.1 Å². The van der Waals surface area contributed by atoms with Crippen LogP contribution < -0.4 is 0 Å². The molecule has 1 N–H and O–H groups in total. The number of carboxylic acid groups (broad SMARTS) is 1. The first-order valence-electron chi connectivity index (χ1n) is 5.46. The van der Waals surface area contributed by atoms with E-state index in [4.69, 9.17) is 9.84 Å². The first-order valence-corrected chi connectivity index (χ1v) is 5.46. The van der Waals surface area contributed by atoms with Crippen LogP contribution in [0, 0.1) is 11.8 Å². The molecule has 0 spiro atoms. The fourth-order valence-electron chi connectivity index (χ4n) is 1.75. The lowest BCUT2D eigenvalue weighted by Crippen LogP contribution is -2.21. The Kier molecular flexibility index (Phi) is 4.35. The zero-order valence-electron chi connectivity index (χ0n) is 9.77. The van der Waals surface area contributed by atoms with Crippen LogP contribution in [0.5, 0.6) is 0 Å². The quantitative estimate of drug-likeness (QED) is 0.727. The lowest BCUT2D eigenvalue weighted by molar-refractivity contribution is -0.142. The monoisotopic (exact) mass is 222 g/mol. The molecule has 16 heavy (non-hydrogen) atoms. The Hall–Kier alpha value is -1.51. The summed E-state index contributed by atoms with van der Waals surface area (Å²) in [6.07, 6.45) is 6.62. The SMILES string of the molecule is C=C(C)CC=C1OC=CC1C(CC)C(=O)O. The number of carbonyl (C=O) groups is 1. The van der Waals surface area contributed by atoms with Gasteiger partial charge in [0.15, 0.2) is 0 Å². The van der Waals surface area contributed by atoms with E-state index in [1.165, 1.54) is 0 Å². The van der Waals surface area contributed by atoms with Crippen molar-refractivity contribution >= 4 is 5.97 Å². The van der Waals surface area contributed by atoms with Crippen molar-refractivity contribution in [3.63, 3.8) is 0 Å². The first-order chi connectivity index (χ1) is 7.56. The largest absolute Gasteiger partial charge is 0.481 e. The van der Waals surface area contributed by atoms with Gasteiger partial charge in [-0.3, -0.25) is 4.79 Å². The molecule has 0 saturated heterocycles. The average molecular weight is 222 g/mol. The van der Waals surface area contributed by atoms with E-state index >= 15 is 0 Å². The summed E-state index contributed by atoms with van der Waals surface area (Å²) in [6, 6.07) is 0. The van der Waals surface area contributed by atoms with Crippen molar-refractivity contribution in [1.82, 2.24) is 0 Å². The third-order valence-electron chi connectivity index (χ3n) is 2.66.